The highest BCUT2D eigenvalue weighted by Gasteiger charge is 2.37. The molecule has 2 aromatic rings. The van der Waals surface area contributed by atoms with Gasteiger partial charge in [0.1, 0.15) is 0 Å². The van der Waals surface area contributed by atoms with E-state index in [2.05, 4.69) is 20.2 Å². The van der Waals surface area contributed by atoms with Crippen molar-refractivity contribution in [3.8, 4) is 11.5 Å². The number of hydroxylamine groups is 2. The molecule has 0 unspecified atom stereocenters. The molecule has 2 aromatic carbocycles. The third-order valence-corrected chi connectivity index (χ3v) is 7.35. The molecule has 352 valence electrons. The minimum atomic E-state index is -2.31. The van der Waals surface area contributed by atoms with E-state index in [0.29, 0.717) is 11.1 Å². The molecule has 14 nitrogen and oxygen atoms in total. The van der Waals surface area contributed by atoms with E-state index in [-0.39, 0.29) is 30.2 Å². The van der Waals surface area contributed by atoms with Crippen LogP contribution in [0.15, 0.2) is 18.2 Å². The van der Waals surface area contributed by atoms with E-state index >= 15 is 0 Å². The summed E-state index contributed by atoms with van der Waals surface area (Å²) in [6.45, 7) is 20.4. The molecule has 0 aliphatic carbocycles. The predicted octanol–water partition coefficient (Wildman–Crippen LogP) is 7.55. The number of nitrogens with zero attached hydrogens (tertiary/aromatic N) is 2. The van der Waals surface area contributed by atoms with Crippen molar-refractivity contribution >= 4 is 41.5 Å². The second kappa shape index (κ2) is 22.5. The van der Waals surface area contributed by atoms with Gasteiger partial charge in [-0.1, -0.05) is 0 Å². The molecule has 2 N–H and O–H groups in total. The fourth-order valence-corrected chi connectivity index (χ4v) is 3.90. The van der Waals surface area contributed by atoms with Gasteiger partial charge in [-0.05, 0) is 102 Å². The van der Waals surface area contributed by atoms with Gasteiger partial charge in [0.05, 0.1) is 23.4 Å². The SMILES string of the molecule is CC(C)(C)C(=O)ON1C(=O)CCC1=O.CC(C)(C)C(=O)Oc1c(F)c(F)c(F)c(F)c1F.CC(C)(C)N1C(=O)C=CC1=O.CON.Cc1cc(F)c(F)c(OC(=O)C(C)(C)C)c1F. The predicted molar refractivity (Wildman–Crippen MR) is 206 cm³/mol. The molecule has 0 bridgehead atoms. The molecule has 0 saturated carbocycles. The van der Waals surface area contributed by atoms with E-state index in [1.54, 1.807) is 20.8 Å². The number of imide groups is 2. The summed E-state index contributed by atoms with van der Waals surface area (Å²) in [5, 5.41) is 0.563. The number of ether oxygens (including phenoxy) is 2. The molecule has 2 heterocycles. The number of halogens is 8. The van der Waals surface area contributed by atoms with Gasteiger partial charge in [0.25, 0.3) is 23.6 Å². The normalized spacial score (nSPS) is 13.8. The van der Waals surface area contributed by atoms with Crippen molar-refractivity contribution in [2.24, 2.45) is 22.1 Å². The molecule has 0 radical (unpaired) electrons. The van der Waals surface area contributed by atoms with Crippen molar-refractivity contribution < 1.29 is 87.8 Å². The van der Waals surface area contributed by atoms with Gasteiger partial charge in [0.15, 0.2) is 11.6 Å². The van der Waals surface area contributed by atoms with Crippen molar-refractivity contribution in [3.05, 3.63) is 70.3 Å². The summed E-state index contributed by atoms with van der Waals surface area (Å²) in [7, 11) is 1.40. The van der Waals surface area contributed by atoms with Gasteiger partial charge in [-0.3, -0.25) is 33.7 Å². The van der Waals surface area contributed by atoms with Crippen LogP contribution in [0.3, 0.4) is 0 Å². The number of aryl methyl sites for hydroxylation is 1. The summed E-state index contributed by atoms with van der Waals surface area (Å²) in [5.74, 6) is -16.9. The summed E-state index contributed by atoms with van der Waals surface area (Å²) in [6, 6.07) is 0.707. The number of hydrogen-bond acceptors (Lipinski definition) is 12. The van der Waals surface area contributed by atoms with Gasteiger partial charge >= 0.3 is 17.9 Å². The topological polar surface area (TPSA) is 189 Å². The monoisotopic (exact) mass is 913 g/mol. The number of hydrogen-bond donors (Lipinski definition) is 1. The Morgan fingerprint density at radius 3 is 1.17 bits per heavy atom. The lowest BCUT2D eigenvalue weighted by Crippen LogP contribution is -2.45. The summed E-state index contributed by atoms with van der Waals surface area (Å²) in [4.78, 5) is 88.1. The zero-order valence-electron chi connectivity index (χ0n) is 37.1. The van der Waals surface area contributed by atoms with Gasteiger partial charge in [0.2, 0.25) is 46.4 Å². The van der Waals surface area contributed by atoms with Crippen LogP contribution in [0.25, 0.3) is 0 Å². The van der Waals surface area contributed by atoms with Crippen LogP contribution in [0.5, 0.6) is 11.5 Å². The van der Waals surface area contributed by atoms with Crippen LogP contribution in [0.4, 0.5) is 35.1 Å². The number of nitrogens with two attached hydrogens (primary N) is 1. The molecule has 0 aromatic heterocycles. The van der Waals surface area contributed by atoms with Gasteiger partial charge in [-0.15, -0.1) is 5.06 Å². The first kappa shape index (κ1) is 57.2. The van der Waals surface area contributed by atoms with E-state index in [1.807, 2.05) is 20.8 Å². The molecular weight excluding hydrogens is 862 g/mol. The maximum atomic E-state index is 13.5. The van der Waals surface area contributed by atoms with Crippen molar-refractivity contribution in [1.82, 2.24) is 9.96 Å². The summed E-state index contributed by atoms with van der Waals surface area (Å²) < 4.78 is 113. The lowest BCUT2D eigenvalue weighted by Gasteiger charge is -2.29. The molecular formula is C41H51F8N3O11. The largest absolute Gasteiger partial charge is 0.420 e. The van der Waals surface area contributed by atoms with Crippen LogP contribution < -0.4 is 15.4 Å². The molecule has 2 aliphatic heterocycles. The fourth-order valence-electron chi connectivity index (χ4n) is 3.90. The van der Waals surface area contributed by atoms with E-state index in [0.717, 1.165) is 0 Å². The standard InChI is InChI=1S/C12H13F3O2.C11H9F5O2.C9H13NO4.C8H11NO2.CH5NO/c1-6-5-7(13)9(15)10(8(6)14)17-11(16)12(2,3)4;1-11(2,3)10(17)18-9-7(15)5(13)4(12)6(14)8(9)16;1-9(2,3)8(13)14-10-6(11)4-5-7(10)12;1-8(2,3)9-6(10)4-5-7(9)11;1-3-2/h5H,1-4H3;1-3H3;4-5H2,1-3H3;4-5H,1-3H3;2H2,1H3. The summed E-state index contributed by atoms with van der Waals surface area (Å²) in [6.07, 6.45) is 2.84. The summed E-state index contributed by atoms with van der Waals surface area (Å²) in [5.41, 5.74) is -3.33. The average Bonchev–Trinajstić information content (AvgIpc) is 3.66. The third kappa shape index (κ3) is 16.5. The summed E-state index contributed by atoms with van der Waals surface area (Å²) >= 11 is 0. The van der Waals surface area contributed by atoms with Crippen LogP contribution in [0, 0.1) is 69.7 Å². The van der Waals surface area contributed by atoms with Crippen molar-refractivity contribution in [3.63, 3.8) is 0 Å². The first-order chi connectivity index (χ1) is 28.4. The maximum absolute atomic E-state index is 13.5. The smallest absolute Gasteiger partial charge is 0.338 e. The van der Waals surface area contributed by atoms with Gasteiger partial charge in [0, 0.05) is 30.5 Å². The Labute approximate surface area is 358 Å². The number of rotatable bonds is 3. The molecule has 1 saturated heterocycles. The minimum Gasteiger partial charge on any atom is -0.420 e. The van der Waals surface area contributed by atoms with Crippen LogP contribution in [0.1, 0.15) is 101 Å². The fraction of sp³-hybridized carbons (Fsp3) is 0.488. The molecule has 0 atom stereocenters. The minimum absolute atomic E-state index is 0.121. The number of benzene rings is 2. The van der Waals surface area contributed by atoms with Crippen molar-refractivity contribution in [2.45, 2.75) is 108 Å². The van der Waals surface area contributed by atoms with Gasteiger partial charge in [-0.25, -0.2) is 32.6 Å². The van der Waals surface area contributed by atoms with Crippen molar-refractivity contribution in [2.75, 3.05) is 7.11 Å². The van der Waals surface area contributed by atoms with E-state index < -0.39 is 110 Å². The lowest BCUT2D eigenvalue weighted by atomic mass is 9.97. The molecule has 22 heteroatoms. The Hall–Kier alpha value is -5.77. The Balaban J connectivity index is 0.000000806. The first-order valence-corrected chi connectivity index (χ1v) is 18.4. The second-order valence-electron chi connectivity index (χ2n) is 17.3. The molecule has 4 amide bonds. The molecule has 63 heavy (non-hydrogen) atoms. The van der Waals surface area contributed by atoms with Crippen LogP contribution in [-0.4, -0.2) is 64.1 Å². The highest BCUT2D eigenvalue weighted by Crippen LogP contribution is 2.32. The Kier molecular flexibility index (Phi) is 20.5. The first-order valence-electron chi connectivity index (χ1n) is 18.4. The van der Waals surface area contributed by atoms with E-state index in [1.165, 1.54) is 72.6 Å². The molecule has 0 spiro atoms. The zero-order chi connectivity index (χ0) is 49.9. The maximum Gasteiger partial charge on any atom is 0.338 e. The van der Waals surface area contributed by atoms with Gasteiger partial charge in [-0.2, -0.15) is 13.2 Å². The van der Waals surface area contributed by atoms with Crippen LogP contribution in [0.2, 0.25) is 0 Å². The molecule has 2 aliphatic rings. The van der Waals surface area contributed by atoms with Crippen LogP contribution in [-0.2, 0) is 43.2 Å². The Bertz CT molecular complexity index is 2010. The number of amides is 4. The van der Waals surface area contributed by atoms with Crippen LogP contribution >= 0.6 is 0 Å². The highest BCUT2D eigenvalue weighted by atomic mass is 19.2. The third-order valence-electron chi connectivity index (χ3n) is 7.35. The van der Waals surface area contributed by atoms with Crippen molar-refractivity contribution in [1.29, 1.82) is 0 Å². The van der Waals surface area contributed by atoms with E-state index in [4.69, 9.17) is 4.84 Å². The van der Waals surface area contributed by atoms with E-state index in [9.17, 15) is 68.7 Å². The molecule has 1 fully saturated rings. The Morgan fingerprint density at radius 1 is 0.556 bits per heavy atom. The number of carbonyl (C=O) groups excluding carboxylic acids is 7. The number of esters is 2. The average molecular weight is 914 g/mol. The Morgan fingerprint density at radius 2 is 0.873 bits per heavy atom. The second-order valence-corrected chi connectivity index (χ2v) is 17.3. The number of carbonyl (C=O) groups is 7. The molecule has 4 rings (SSSR count). The van der Waals surface area contributed by atoms with Gasteiger partial charge < -0.3 is 19.1 Å². The quantitative estimate of drug-likeness (QED) is 0.0607. The lowest BCUT2D eigenvalue weighted by molar-refractivity contribution is -0.203. The highest BCUT2D eigenvalue weighted by molar-refractivity contribution is 6.13. The zero-order valence-corrected chi connectivity index (χ0v) is 37.1.